The van der Waals surface area contributed by atoms with E-state index in [0.717, 1.165) is 76.1 Å². The van der Waals surface area contributed by atoms with E-state index in [-0.39, 0.29) is 35.7 Å². The highest BCUT2D eigenvalue weighted by molar-refractivity contribution is 5.89. The minimum atomic E-state index is -0.698. The van der Waals surface area contributed by atoms with Gasteiger partial charge in [-0.1, -0.05) is 64.1 Å². The van der Waals surface area contributed by atoms with E-state index >= 15 is 0 Å². The molecule has 4 atom stereocenters. The van der Waals surface area contributed by atoms with E-state index in [0.29, 0.717) is 18.9 Å². The molecule has 5 aromatic rings. The Balaban J connectivity index is 1.02. The number of alkyl carbamates (subject to hydrolysis) is 2. The number of imidazole rings is 2. The zero-order valence-electron chi connectivity index (χ0n) is 33.7. The molecule has 58 heavy (non-hydrogen) atoms. The van der Waals surface area contributed by atoms with Crippen molar-refractivity contribution in [1.82, 2.24) is 45.4 Å². The summed E-state index contributed by atoms with van der Waals surface area (Å²) in [6.45, 7) is 8.77. The van der Waals surface area contributed by atoms with Crippen LogP contribution in [0.3, 0.4) is 0 Å². The third kappa shape index (κ3) is 8.25. The Labute approximate surface area is 337 Å². The third-order valence-electron chi connectivity index (χ3n) is 11.2. The number of carbonyl (C=O) groups is 4. The second-order valence-corrected chi connectivity index (χ2v) is 15.7. The lowest BCUT2D eigenvalue weighted by molar-refractivity contribution is -0.136. The molecule has 7 rings (SSSR count). The topological polar surface area (TPSA) is 188 Å². The van der Waals surface area contributed by atoms with Gasteiger partial charge in [-0.05, 0) is 66.3 Å². The fourth-order valence-electron chi connectivity index (χ4n) is 7.98. The van der Waals surface area contributed by atoms with Crippen LogP contribution in [0.2, 0.25) is 0 Å². The molecule has 2 aliphatic rings. The highest BCUT2D eigenvalue weighted by Crippen LogP contribution is 2.35. The van der Waals surface area contributed by atoms with Crippen molar-refractivity contribution in [2.75, 3.05) is 27.3 Å². The van der Waals surface area contributed by atoms with Gasteiger partial charge >= 0.3 is 12.2 Å². The molecule has 15 heteroatoms. The third-order valence-corrected chi connectivity index (χ3v) is 11.2. The van der Waals surface area contributed by atoms with E-state index in [1.54, 1.807) is 22.2 Å². The molecule has 0 radical (unpaired) electrons. The van der Waals surface area contributed by atoms with E-state index in [2.05, 4.69) is 67.0 Å². The molecule has 2 fully saturated rings. The Bertz CT molecular complexity index is 2280. The first-order valence-corrected chi connectivity index (χ1v) is 19.9. The van der Waals surface area contributed by atoms with E-state index in [4.69, 9.17) is 14.5 Å². The molecule has 5 heterocycles. The number of likely N-dealkylation sites (tertiary alicyclic amines) is 2. The van der Waals surface area contributed by atoms with Gasteiger partial charge in [-0.2, -0.15) is 0 Å². The predicted molar refractivity (Wildman–Crippen MR) is 218 cm³/mol. The number of hydrogen-bond donors (Lipinski definition) is 4. The minimum Gasteiger partial charge on any atom is -0.453 e. The second-order valence-electron chi connectivity index (χ2n) is 15.7. The average molecular weight is 790 g/mol. The number of ether oxygens (including phenoxy) is 2. The number of carbonyl (C=O) groups excluding carboxylic acids is 4. The molecule has 2 saturated heterocycles. The molecule has 0 saturated carbocycles. The molecular formula is C43H51N9O6. The number of pyridine rings is 1. The average Bonchev–Trinajstić information content (AvgIpc) is 4.07. The van der Waals surface area contributed by atoms with Crippen LogP contribution in [0, 0.1) is 11.8 Å². The lowest BCUT2D eigenvalue weighted by Crippen LogP contribution is -2.51. The monoisotopic (exact) mass is 789 g/mol. The Morgan fingerprint density at radius 1 is 0.638 bits per heavy atom. The highest BCUT2D eigenvalue weighted by Gasteiger charge is 2.39. The van der Waals surface area contributed by atoms with Gasteiger partial charge in [0.15, 0.2) is 0 Å². The molecule has 0 unspecified atom stereocenters. The molecular weight excluding hydrogens is 739 g/mol. The maximum atomic E-state index is 13.6. The van der Waals surface area contributed by atoms with Crippen LogP contribution in [0.25, 0.3) is 44.5 Å². The Kier molecular flexibility index (Phi) is 11.8. The van der Waals surface area contributed by atoms with Gasteiger partial charge in [-0.15, -0.1) is 0 Å². The van der Waals surface area contributed by atoms with Gasteiger partial charge < -0.3 is 39.9 Å². The largest absolute Gasteiger partial charge is 0.453 e. The van der Waals surface area contributed by atoms with Crippen molar-refractivity contribution in [3.8, 4) is 33.6 Å². The summed E-state index contributed by atoms with van der Waals surface area (Å²) in [7, 11) is 2.58. The Morgan fingerprint density at radius 3 is 1.62 bits per heavy atom. The summed E-state index contributed by atoms with van der Waals surface area (Å²) >= 11 is 0. The van der Waals surface area contributed by atoms with Crippen molar-refractivity contribution in [3.63, 3.8) is 0 Å². The summed E-state index contributed by atoms with van der Waals surface area (Å²) in [5, 5.41) is 6.37. The van der Waals surface area contributed by atoms with E-state index in [1.807, 2.05) is 46.0 Å². The van der Waals surface area contributed by atoms with Crippen LogP contribution in [-0.4, -0.2) is 98.1 Å². The summed E-state index contributed by atoms with van der Waals surface area (Å²) in [6, 6.07) is 14.7. The fraction of sp³-hybridized carbons (Fsp3) is 0.419. The van der Waals surface area contributed by atoms with Gasteiger partial charge in [0, 0.05) is 30.2 Å². The number of fused-ring (bicyclic) bond motifs is 1. The molecule has 2 aromatic carbocycles. The molecule has 4 amide bonds. The SMILES string of the molecule is COC(=O)N[C@H](C(=O)N1CCC[C@H]1c1ncc(-c2ccc(-c3ccc4cc(-c5cnc([C@@H]6CCCN6C(=O)[C@@H](NC(=O)OC)C(C)C)[nH]5)cnc4c3)cc2)[nH]1)C(C)C. The van der Waals surface area contributed by atoms with Crippen LogP contribution in [0.1, 0.15) is 77.1 Å². The summed E-state index contributed by atoms with van der Waals surface area (Å²) in [4.78, 5) is 75.7. The van der Waals surface area contributed by atoms with Crippen LogP contribution in [-0.2, 0) is 19.1 Å². The number of amides is 4. The second kappa shape index (κ2) is 17.1. The highest BCUT2D eigenvalue weighted by atomic mass is 16.5. The maximum Gasteiger partial charge on any atom is 0.407 e. The minimum absolute atomic E-state index is 0.108. The van der Waals surface area contributed by atoms with Crippen LogP contribution in [0.5, 0.6) is 0 Å². The predicted octanol–water partition coefficient (Wildman–Crippen LogP) is 6.77. The first-order chi connectivity index (χ1) is 27.9. The first kappa shape index (κ1) is 40.0. The van der Waals surface area contributed by atoms with Gasteiger partial charge in [0.2, 0.25) is 11.8 Å². The van der Waals surface area contributed by atoms with Crippen LogP contribution in [0.15, 0.2) is 67.1 Å². The maximum absolute atomic E-state index is 13.6. The zero-order chi connectivity index (χ0) is 41.1. The number of aromatic amines is 2. The molecule has 3 aromatic heterocycles. The van der Waals surface area contributed by atoms with E-state index in [1.165, 1.54) is 14.2 Å². The van der Waals surface area contributed by atoms with Gasteiger partial charge in [0.25, 0.3) is 0 Å². The molecule has 4 N–H and O–H groups in total. The number of rotatable bonds is 11. The molecule has 304 valence electrons. The van der Waals surface area contributed by atoms with Crippen molar-refractivity contribution >= 4 is 34.9 Å². The van der Waals surface area contributed by atoms with Crippen molar-refractivity contribution in [1.29, 1.82) is 0 Å². The van der Waals surface area contributed by atoms with E-state index < -0.39 is 24.3 Å². The quantitative estimate of drug-likeness (QED) is 0.112. The van der Waals surface area contributed by atoms with Gasteiger partial charge in [-0.3, -0.25) is 14.6 Å². The molecule has 15 nitrogen and oxygen atoms in total. The first-order valence-electron chi connectivity index (χ1n) is 19.9. The lowest BCUT2D eigenvalue weighted by Gasteiger charge is -2.30. The smallest absolute Gasteiger partial charge is 0.407 e. The molecule has 0 aliphatic carbocycles. The number of hydrogen-bond acceptors (Lipinski definition) is 9. The number of aromatic nitrogens is 5. The zero-order valence-corrected chi connectivity index (χ0v) is 33.7. The number of nitrogens with one attached hydrogen (secondary N) is 4. The van der Waals surface area contributed by atoms with Gasteiger partial charge in [0.1, 0.15) is 23.7 Å². The molecule has 2 aliphatic heterocycles. The number of benzene rings is 2. The van der Waals surface area contributed by atoms with Crippen molar-refractivity contribution in [2.45, 2.75) is 77.5 Å². The normalized spacial score (nSPS) is 17.8. The Morgan fingerprint density at radius 2 is 1.12 bits per heavy atom. The molecule has 0 bridgehead atoms. The van der Waals surface area contributed by atoms with Crippen molar-refractivity contribution < 1.29 is 28.7 Å². The summed E-state index contributed by atoms with van der Waals surface area (Å²) in [6.07, 6.45) is 7.38. The van der Waals surface area contributed by atoms with Crippen molar-refractivity contribution in [3.05, 3.63) is 78.8 Å². The van der Waals surface area contributed by atoms with Crippen LogP contribution >= 0.6 is 0 Å². The summed E-state index contributed by atoms with van der Waals surface area (Å²) in [5.41, 5.74) is 6.43. The van der Waals surface area contributed by atoms with Crippen LogP contribution < -0.4 is 10.6 Å². The fourth-order valence-corrected chi connectivity index (χ4v) is 7.98. The lowest BCUT2D eigenvalue weighted by atomic mass is 10.0. The summed E-state index contributed by atoms with van der Waals surface area (Å²) in [5.74, 6) is 0.906. The van der Waals surface area contributed by atoms with E-state index in [9.17, 15) is 19.2 Å². The molecule has 0 spiro atoms. The number of H-pyrrole nitrogens is 2. The number of methoxy groups -OCH3 is 2. The summed E-state index contributed by atoms with van der Waals surface area (Å²) < 4.78 is 9.52. The van der Waals surface area contributed by atoms with Gasteiger partial charge in [-0.25, -0.2) is 19.6 Å². The van der Waals surface area contributed by atoms with Gasteiger partial charge in [0.05, 0.1) is 55.6 Å². The van der Waals surface area contributed by atoms with Crippen LogP contribution in [0.4, 0.5) is 9.59 Å². The number of nitrogens with zero attached hydrogens (tertiary/aromatic N) is 5. The van der Waals surface area contributed by atoms with Crippen molar-refractivity contribution in [2.24, 2.45) is 11.8 Å². The standard InChI is InChI=1S/C43H51N9O6/c1-24(2)36(49-42(55)57-5)40(53)51-17-7-9-34(51)38-45-22-32(47-38)27-13-11-26(12-14-27)28-15-16-29-19-30(21-44-31(29)20-28)33-23-46-39(48-33)35-10-8-18-52(35)41(54)37(25(3)4)50-43(56)58-6/h11-16,19-25,34-37H,7-10,17-18H2,1-6H3,(H,45,47)(H,46,48)(H,49,55)(H,50,56)/t34-,35-,36-,37-/m0/s1. The Hall–Kier alpha value is -6.25.